The summed E-state index contributed by atoms with van der Waals surface area (Å²) in [7, 11) is 0. The normalized spacial score (nSPS) is 10.5. The van der Waals surface area contributed by atoms with Gasteiger partial charge in [0, 0.05) is 18.8 Å². The minimum absolute atomic E-state index is 0.0564. The molecule has 0 atom stereocenters. The first-order chi connectivity index (χ1) is 13.1. The molecule has 0 aliphatic carbocycles. The van der Waals surface area contributed by atoms with Crippen LogP contribution in [-0.4, -0.2) is 22.3 Å². The lowest BCUT2D eigenvalue weighted by atomic mass is 10.1. The van der Waals surface area contributed by atoms with Gasteiger partial charge in [0.15, 0.2) is 0 Å². The van der Waals surface area contributed by atoms with Gasteiger partial charge in [-0.15, -0.1) is 0 Å². The molecule has 27 heavy (non-hydrogen) atoms. The van der Waals surface area contributed by atoms with Gasteiger partial charge in [-0.3, -0.25) is 4.79 Å². The number of benzene rings is 2. The van der Waals surface area contributed by atoms with Crippen molar-refractivity contribution in [1.82, 2.24) is 9.88 Å². The number of nitrogens with zero attached hydrogens (tertiary/aromatic N) is 2. The second kappa shape index (κ2) is 8.49. The standard InChI is InChI=1S/C23H25N3O/c1-4-26(16-19-8-6-5-7-9-19)23(27)22-13-12-21(15-24-22)25-20-11-10-17(2)18(3)14-20/h5-15,25H,4,16H2,1-3H3. The van der Waals surface area contributed by atoms with Gasteiger partial charge in [0.25, 0.3) is 5.91 Å². The molecule has 0 bridgehead atoms. The van der Waals surface area contributed by atoms with Crippen LogP contribution in [0.2, 0.25) is 0 Å². The van der Waals surface area contributed by atoms with Crippen molar-refractivity contribution in [2.24, 2.45) is 0 Å². The van der Waals surface area contributed by atoms with Crippen LogP contribution in [0, 0.1) is 13.8 Å². The summed E-state index contributed by atoms with van der Waals surface area (Å²) in [6.07, 6.45) is 1.71. The van der Waals surface area contributed by atoms with Crippen LogP contribution in [0.4, 0.5) is 11.4 Å². The van der Waals surface area contributed by atoms with Crippen molar-refractivity contribution in [3.63, 3.8) is 0 Å². The molecule has 1 amide bonds. The average molecular weight is 359 g/mol. The van der Waals surface area contributed by atoms with E-state index in [1.165, 1.54) is 11.1 Å². The second-order valence-electron chi connectivity index (χ2n) is 6.66. The Labute approximate surface area is 160 Å². The van der Waals surface area contributed by atoms with Crippen molar-refractivity contribution in [3.05, 3.63) is 89.2 Å². The van der Waals surface area contributed by atoms with Crippen LogP contribution in [0.15, 0.2) is 66.9 Å². The van der Waals surface area contributed by atoms with E-state index in [0.717, 1.165) is 16.9 Å². The Morgan fingerprint density at radius 3 is 2.33 bits per heavy atom. The van der Waals surface area contributed by atoms with Crippen molar-refractivity contribution in [1.29, 1.82) is 0 Å². The summed E-state index contributed by atoms with van der Waals surface area (Å²) in [5.41, 5.74) is 5.94. The molecule has 3 aromatic rings. The maximum Gasteiger partial charge on any atom is 0.272 e. The zero-order chi connectivity index (χ0) is 19.2. The van der Waals surface area contributed by atoms with E-state index >= 15 is 0 Å². The molecule has 1 heterocycles. The van der Waals surface area contributed by atoms with E-state index in [2.05, 4.69) is 36.3 Å². The molecule has 0 saturated carbocycles. The number of pyridine rings is 1. The van der Waals surface area contributed by atoms with E-state index in [9.17, 15) is 4.79 Å². The third kappa shape index (κ3) is 4.73. The molecular formula is C23H25N3O. The number of amides is 1. The predicted molar refractivity (Wildman–Crippen MR) is 110 cm³/mol. The zero-order valence-corrected chi connectivity index (χ0v) is 16.1. The van der Waals surface area contributed by atoms with Gasteiger partial charge in [0.05, 0.1) is 11.9 Å². The average Bonchev–Trinajstić information content (AvgIpc) is 2.70. The fourth-order valence-corrected chi connectivity index (χ4v) is 2.87. The van der Waals surface area contributed by atoms with Crippen molar-refractivity contribution < 1.29 is 4.79 Å². The lowest BCUT2D eigenvalue weighted by Gasteiger charge is -2.20. The number of rotatable bonds is 6. The molecule has 4 heteroatoms. The Hall–Kier alpha value is -3.14. The summed E-state index contributed by atoms with van der Waals surface area (Å²) in [4.78, 5) is 18.9. The molecule has 2 aromatic carbocycles. The molecule has 1 aromatic heterocycles. The first kappa shape index (κ1) is 18.6. The van der Waals surface area contributed by atoms with Gasteiger partial charge in [-0.25, -0.2) is 4.98 Å². The predicted octanol–water partition coefficient (Wildman–Crippen LogP) is 5.10. The zero-order valence-electron chi connectivity index (χ0n) is 16.1. The summed E-state index contributed by atoms with van der Waals surface area (Å²) >= 11 is 0. The number of carbonyl (C=O) groups is 1. The van der Waals surface area contributed by atoms with E-state index in [-0.39, 0.29) is 5.91 Å². The Morgan fingerprint density at radius 2 is 1.70 bits per heavy atom. The second-order valence-corrected chi connectivity index (χ2v) is 6.66. The van der Waals surface area contributed by atoms with Gasteiger partial charge in [0.2, 0.25) is 0 Å². The minimum atomic E-state index is -0.0564. The molecule has 3 rings (SSSR count). The van der Waals surface area contributed by atoms with E-state index < -0.39 is 0 Å². The Balaban J connectivity index is 1.69. The van der Waals surface area contributed by atoms with Gasteiger partial charge >= 0.3 is 0 Å². The maximum absolute atomic E-state index is 12.8. The summed E-state index contributed by atoms with van der Waals surface area (Å²) < 4.78 is 0. The molecule has 0 fully saturated rings. The van der Waals surface area contributed by atoms with Crippen LogP contribution < -0.4 is 5.32 Å². The Bertz CT molecular complexity index is 905. The maximum atomic E-state index is 12.8. The van der Waals surface area contributed by atoms with Gasteiger partial charge in [-0.1, -0.05) is 36.4 Å². The van der Waals surface area contributed by atoms with E-state index in [1.807, 2.05) is 49.4 Å². The summed E-state index contributed by atoms with van der Waals surface area (Å²) in [6, 6.07) is 19.9. The van der Waals surface area contributed by atoms with E-state index in [1.54, 1.807) is 17.2 Å². The number of hydrogen-bond acceptors (Lipinski definition) is 3. The highest BCUT2D eigenvalue weighted by atomic mass is 16.2. The molecular weight excluding hydrogens is 334 g/mol. The van der Waals surface area contributed by atoms with E-state index in [4.69, 9.17) is 0 Å². The van der Waals surface area contributed by atoms with Crippen LogP contribution in [-0.2, 0) is 6.54 Å². The fourth-order valence-electron chi connectivity index (χ4n) is 2.87. The lowest BCUT2D eigenvalue weighted by Crippen LogP contribution is -2.30. The quantitative estimate of drug-likeness (QED) is 0.665. The monoisotopic (exact) mass is 359 g/mol. The van der Waals surface area contributed by atoms with Crippen LogP contribution in [0.25, 0.3) is 0 Å². The number of carbonyl (C=O) groups excluding carboxylic acids is 1. The molecule has 0 radical (unpaired) electrons. The fraction of sp³-hybridized carbons (Fsp3) is 0.217. The van der Waals surface area contributed by atoms with Crippen LogP contribution >= 0.6 is 0 Å². The van der Waals surface area contributed by atoms with Crippen LogP contribution in [0.5, 0.6) is 0 Å². The highest BCUT2D eigenvalue weighted by Crippen LogP contribution is 2.19. The number of hydrogen-bond donors (Lipinski definition) is 1. The largest absolute Gasteiger partial charge is 0.354 e. The van der Waals surface area contributed by atoms with E-state index in [0.29, 0.717) is 18.8 Å². The number of nitrogens with one attached hydrogen (secondary N) is 1. The summed E-state index contributed by atoms with van der Waals surface area (Å²) in [5, 5.41) is 3.33. The van der Waals surface area contributed by atoms with Crippen molar-refractivity contribution in [3.8, 4) is 0 Å². The number of aromatic nitrogens is 1. The first-order valence-corrected chi connectivity index (χ1v) is 9.20. The highest BCUT2D eigenvalue weighted by molar-refractivity contribution is 5.92. The smallest absolute Gasteiger partial charge is 0.272 e. The van der Waals surface area contributed by atoms with Gasteiger partial charge in [-0.2, -0.15) is 0 Å². The molecule has 0 spiro atoms. The SMILES string of the molecule is CCN(Cc1ccccc1)C(=O)c1ccc(Nc2ccc(C)c(C)c2)cn1. The lowest BCUT2D eigenvalue weighted by molar-refractivity contribution is 0.0746. The molecule has 1 N–H and O–H groups in total. The molecule has 0 unspecified atom stereocenters. The van der Waals surface area contributed by atoms with Crippen molar-refractivity contribution in [2.45, 2.75) is 27.3 Å². The highest BCUT2D eigenvalue weighted by Gasteiger charge is 2.15. The van der Waals surface area contributed by atoms with Crippen LogP contribution in [0.3, 0.4) is 0 Å². The topological polar surface area (TPSA) is 45.2 Å². The minimum Gasteiger partial charge on any atom is -0.354 e. The van der Waals surface area contributed by atoms with Gasteiger partial charge < -0.3 is 10.2 Å². The number of aryl methyl sites for hydroxylation is 2. The van der Waals surface area contributed by atoms with Crippen LogP contribution in [0.1, 0.15) is 34.1 Å². The molecule has 4 nitrogen and oxygen atoms in total. The van der Waals surface area contributed by atoms with Crippen molar-refractivity contribution >= 4 is 17.3 Å². The summed E-state index contributed by atoms with van der Waals surface area (Å²) in [5.74, 6) is -0.0564. The number of anilines is 2. The first-order valence-electron chi connectivity index (χ1n) is 9.20. The molecule has 138 valence electrons. The molecule has 0 aliphatic rings. The Morgan fingerprint density at radius 1 is 0.963 bits per heavy atom. The third-order valence-corrected chi connectivity index (χ3v) is 4.66. The van der Waals surface area contributed by atoms with Gasteiger partial charge in [-0.05, 0) is 61.7 Å². The Kier molecular flexibility index (Phi) is 5.87. The van der Waals surface area contributed by atoms with Crippen molar-refractivity contribution in [2.75, 3.05) is 11.9 Å². The molecule has 0 saturated heterocycles. The summed E-state index contributed by atoms with van der Waals surface area (Å²) in [6.45, 7) is 7.39. The third-order valence-electron chi connectivity index (χ3n) is 4.66. The molecule has 0 aliphatic heterocycles. The van der Waals surface area contributed by atoms with Gasteiger partial charge in [0.1, 0.15) is 5.69 Å².